The third-order valence-corrected chi connectivity index (χ3v) is 4.88. The number of nitrogens with zero attached hydrogens (tertiary/aromatic N) is 1. The molecular weight excluding hydrogens is 418 g/mol. The predicted octanol–water partition coefficient (Wildman–Crippen LogP) is 5.30. The maximum Gasteiger partial charge on any atom is 0.435 e. The van der Waals surface area contributed by atoms with Crippen LogP contribution in [0.3, 0.4) is 0 Å². The van der Waals surface area contributed by atoms with Crippen molar-refractivity contribution in [3.63, 3.8) is 0 Å². The molecule has 2 aromatic carbocycles. The highest BCUT2D eigenvalue weighted by molar-refractivity contribution is 6.06. The van der Waals surface area contributed by atoms with Crippen molar-refractivity contribution in [3.8, 4) is 0 Å². The van der Waals surface area contributed by atoms with Gasteiger partial charge in [-0.2, -0.15) is 13.2 Å². The number of oxime groups is 1. The third-order valence-electron chi connectivity index (χ3n) is 4.88. The molecule has 31 heavy (non-hydrogen) atoms. The van der Waals surface area contributed by atoms with Crippen LogP contribution in [0.1, 0.15) is 33.5 Å². The lowest BCUT2D eigenvalue weighted by molar-refractivity contribution is -0.275. The number of amides is 1. The van der Waals surface area contributed by atoms with Crippen LogP contribution in [0.15, 0.2) is 47.9 Å². The van der Waals surface area contributed by atoms with Crippen molar-refractivity contribution in [3.05, 3.63) is 70.9 Å². The van der Waals surface area contributed by atoms with Crippen molar-refractivity contribution in [1.29, 1.82) is 0 Å². The maximum atomic E-state index is 14.6. The van der Waals surface area contributed by atoms with Gasteiger partial charge in [-0.25, -0.2) is 4.39 Å². The van der Waals surface area contributed by atoms with E-state index in [-0.39, 0.29) is 22.5 Å². The summed E-state index contributed by atoms with van der Waals surface area (Å²) in [5, 5.41) is 17.3. The Morgan fingerprint density at radius 1 is 1.23 bits per heavy atom. The van der Waals surface area contributed by atoms with E-state index >= 15 is 0 Å². The molecule has 0 aromatic heterocycles. The molecule has 2 aromatic rings. The van der Waals surface area contributed by atoms with Gasteiger partial charge in [0.2, 0.25) is 0 Å². The van der Waals surface area contributed by atoms with Gasteiger partial charge in [0.1, 0.15) is 0 Å². The van der Waals surface area contributed by atoms with Gasteiger partial charge in [-0.05, 0) is 55.8 Å². The minimum atomic E-state index is -4.71. The molecule has 10 heteroatoms. The summed E-state index contributed by atoms with van der Waals surface area (Å²) in [5.41, 5.74) is -2.31. The van der Waals surface area contributed by atoms with Crippen molar-refractivity contribution in [1.82, 2.24) is 0 Å². The number of aliphatic hydroxyl groups excluding tert-OH is 1. The van der Waals surface area contributed by atoms with Gasteiger partial charge in [0.05, 0.1) is 11.3 Å². The number of hydrogen-bond acceptors (Lipinski definition) is 5. The molecule has 164 valence electrons. The van der Waals surface area contributed by atoms with E-state index < -0.39 is 35.8 Å². The number of nitrogens with one attached hydrogen (secondary N) is 2. The lowest BCUT2D eigenvalue weighted by atomic mass is 9.87. The molecule has 3 rings (SSSR count). The van der Waals surface area contributed by atoms with Crippen LogP contribution in [0.25, 0.3) is 0 Å². The number of aryl methyl sites for hydroxylation is 2. The first-order valence-corrected chi connectivity index (χ1v) is 9.09. The predicted molar refractivity (Wildman–Crippen MR) is 108 cm³/mol. The van der Waals surface area contributed by atoms with Crippen molar-refractivity contribution >= 4 is 23.5 Å². The average Bonchev–Trinajstić information content (AvgIpc) is 3.17. The van der Waals surface area contributed by atoms with E-state index in [1.807, 2.05) is 0 Å². The monoisotopic (exact) mass is 437 g/mol. The Morgan fingerprint density at radius 3 is 2.39 bits per heavy atom. The Hall–Kier alpha value is -3.56. The molecule has 0 bridgehead atoms. The van der Waals surface area contributed by atoms with Crippen LogP contribution < -0.4 is 10.6 Å². The lowest BCUT2D eigenvalue weighted by Crippen LogP contribution is -2.42. The van der Waals surface area contributed by atoms with Crippen molar-refractivity contribution < 1.29 is 32.3 Å². The number of aliphatic hydroxyl groups is 1. The molecule has 3 N–H and O–H groups in total. The van der Waals surface area contributed by atoms with Crippen LogP contribution in [-0.2, 0) is 10.4 Å². The topological polar surface area (TPSA) is 83.0 Å². The van der Waals surface area contributed by atoms with Gasteiger partial charge in [-0.3, -0.25) is 4.79 Å². The summed E-state index contributed by atoms with van der Waals surface area (Å²) < 4.78 is 55.8. The molecule has 1 aliphatic heterocycles. The molecule has 0 fully saturated rings. The van der Waals surface area contributed by atoms with Crippen LogP contribution in [0.4, 0.5) is 28.9 Å². The first-order valence-electron chi connectivity index (χ1n) is 9.09. The van der Waals surface area contributed by atoms with E-state index in [2.05, 4.69) is 22.4 Å². The van der Waals surface area contributed by atoms with Gasteiger partial charge in [0, 0.05) is 23.9 Å². The Morgan fingerprint density at radius 2 is 1.87 bits per heavy atom. The Labute approximate surface area is 175 Å². The zero-order valence-electron chi connectivity index (χ0n) is 16.6. The van der Waals surface area contributed by atoms with Crippen molar-refractivity contribution in [2.24, 2.45) is 5.16 Å². The van der Waals surface area contributed by atoms with Crippen LogP contribution in [0, 0.1) is 19.7 Å². The quantitative estimate of drug-likeness (QED) is 0.438. The molecule has 0 spiro atoms. The number of benzene rings is 2. The summed E-state index contributed by atoms with van der Waals surface area (Å²) in [7, 11) is 0. The van der Waals surface area contributed by atoms with Gasteiger partial charge < -0.3 is 20.6 Å². The summed E-state index contributed by atoms with van der Waals surface area (Å²) in [6.45, 7) is 6.25. The summed E-state index contributed by atoms with van der Waals surface area (Å²) in [6.07, 6.45) is -4.12. The number of carbonyl (C=O) groups excluding carboxylic acids is 1. The van der Waals surface area contributed by atoms with Crippen LogP contribution in [-0.4, -0.2) is 23.4 Å². The number of alkyl halides is 3. The Kier molecular flexibility index (Phi) is 5.66. The molecule has 0 saturated carbocycles. The first kappa shape index (κ1) is 22.1. The van der Waals surface area contributed by atoms with E-state index in [0.717, 1.165) is 6.21 Å². The van der Waals surface area contributed by atoms with Crippen molar-refractivity contribution in [2.75, 3.05) is 10.6 Å². The van der Waals surface area contributed by atoms with E-state index in [1.54, 1.807) is 0 Å². The number of halogens is 4. The number of carbonyl (C=O) groups is 1. The minimum Gasteiger partial charge on any atom is -0.495 e. The standard InChI is InChI=1S/C21H19F4N3O3/c1-11-9-14(20(21(23,24)25)7-8-26-31-20)10-12(2)18(11)28-19(30)15-5-4-6-16(17(15)22)27-13(3)29/h4-6,8-10,27,29H,3,7H2,1-2H3,(H,28,30). The molecular formula is C21H19F4N3O3. The van der Waals surface area contributed by atoms with Crippen LogP contribution in [0.2, 0.25) is 0 Å². The molecule has 0 aliphatic carbocycles. The maximum absolute atomic E-state index is 14.6. The zero-order chi connectivity index (χ0) is 23.0. The minimum absolute atomic E-state index is 0.149. The lowest BCUT2D eigenvalue weighted by Gasteiger charge is -2.30. The van der Waals surface area contributed by atoms with Gasteiger partial charge >= 0.3 is 6.18 Å². The molecule has 0 radical (unpaired) electrons. The van der Waals surface area contributed by atoms with E-state index in [9.17, 15) is 27.5 Å². The largest absolute Gasteiger partial charge is 0.495 e. The van der Waals surface area contributed by atoms with Crippen LogP contribution >= 0.6 is 0 Å². The summed E-state index contributed by atoms with van der Waals surface area (Å²) in [4.78, 5) is 17.4. The molecule has 1 amide bonds. The summed E-state index contributed by atoms with van der Waals surface area (Å²) in [6, 6.07) is 6.46. The number of rotatable bonds is 5. The SMILES string of the molecule is C=C(O)Nc1cccc(C(=O)Nc2c(C)cc(C3(C(F)(F)F)CC=NO3)cc2C)c1F. The van der Waals surface area contributed by atoms with E-state index in [1.165, 1.54) is 44.2 Å². The third kappa shape index (κ3) is 4.05. The highest BCUT2D eigenvalue weighted by Crippen LogP contribution is 2.47. The smallest absolute Gasteiger partial charge is 0.435 e. The van der Waals surface area contributed by atoms with Gasteiger partial charge in [-0.15, -0.1) is 0 Å². The summed E-state index contributed by atoms with van der Waals surface area (Å²) >= 11 is 0. The van der Waals surface area contributed by atoms with E-state index in [4.69, 9.17) is 4.84 Å². The molecule has 1 heterocycles. The molecule has 6 nitrogen and oxygen atoms in total. The second-order valence-corrected chi connectivity index (χ2v) is 7.09. The highest BCUT2D eigenvalue weighted by atomic mass is 19.4. The normalized spacial score (nSPS) is 17.9. The highest BCUT2D eigenvalue weighted by Gasteiger charge is 2.60. The second kappa shape index (κ2) is 7.93. The zero-order valence-corrected chi connectivity index (χ0v) is 16.6. The van der Waals surface area contributed by atoms with Crippen LogP contribution in [0.5, 0.6) is 0 Å². The van der Waals surface area contributed by atoms with Gasteiger partial charge in [0.15, 0.2) is 11.7 Å². The number of hydrogen-bond donors (Lipinski definition) is 3. The average molecular weight is 437 g/mol. The van der Waals surface area contributed by atoms with Gasteiger partial charge in [-0.1, -0.05) is 11.2 Å². The molecule has 1 unspecified atom stereocenters. The van der Waals surface area contributed by atoms with Crippen molar-refractivity contribution in [2.45, 2.75) is 32.0 Å². The fourth-order valence-corrected chi connectivity index (χ4v) is 3.37. The van der Waals surface area contributed by atoms with E-state index in [0.29, 0.717) is 11.1 Å². The molecule has 1 atom stereocenters. The Bertz CT molecular complexity index is 1050. The number of anilines is 2. The summed E-state index contributed by atoms with van der Waals surface area (Å²) in [5.74, 6) is -2.24. The Balaban J connectivity index is 1.94. The fraction of sp³-hybridized carbons (Fsp3) is 0.238. The molecule has 0 saturated heterocycles. The van der Waals surface area contributed by atoms with Gasteiger partial charge in [0.25, 0.3) is 11.5 Å². The molecule has 1 aliphatic rings. The first-order chi connectivity index (χ1) is 14.5. The fourth-order valence-electron chi connectivity index (χ4n) is 3.37. The second-order valence-electron chi connectivity index (χ2n) is 7.09.